The molecule has 8 heteroatoms. The Bertz CT molecular complexity index is 805. The molecule has 2 heterocycles. The molecule has 0 bridgehead atoms. The van der Waals surface area contributed by atoms with Gasteiger partial charge in [0, 0.05) is 24.8 Å². The van der Waals surface area contributed by atoms with Gasteiger partial charge >= 0.3 is 0 Å². The topological polar surface area (TPSA) is 97.6 Å². The van der Waals surface area contributed by atoms with Crippen LogP contribution in [0, 0.1) is 0 Å². The molecule has 3 rings (SSSR count). The summed E-state index contributed by atoms with van der Waals surface area (Å²) in [5.74, 6) is 1.25. The first-order valence-corrected chi connectivity index (χ1v) is 8.56. The molecule has 0 atom stereocenters. The molecule has 26 heavy (non-hydrogen) atoms. The van der Waals surface area contributed by atoms with Crippen molar-refractivity contribution in [2.75, 3.05) is 18.4 Å². The Morgan fingerprint density at radius 1 is 1.00 bits per heavy atom. The van der Waals surface area contributed by atoms with Crippen LogP contribution in [-0.4, -0.2) is 44.2 Å². The molecule has 2 aromatic heterocycles. The normalized spacial score (nSPS) is 10.5. The van der Waals surface area contributed by atoms with Gasteiger partial charge in [-0.15, -0.1) is 10.2 Å². The summed E-state index contributed by atoms with van der Waals surface area (Å²) in [6, 6.07) is 15.3. The molecule has 0 radical (unpaired) electrons. The molecule has 134 valence electrons. The molecule has 0 aliphatic rings. The van der Waals surface area contributed by atoms with E-state index in [1.807, 2.05) is 48.5 Å². The summed E-state index contributed by atoms with van der Waals surface area (Å²) >= 11 is 0. The number of carbonyl (C=O) groups is 1. The van der Waals surface area contributed by atoms with Crippen molar-refractivity contribution in [3.63, 3.8) is 0 Å². The number of aromatic nitrogens is 5. The van der Waals surface area contributed by atoms with Gasteiger partial charge in [-0.25, -0.2) is 4.98 Å². The lowest BCUT2D eigenvalue weighted by atomic mass is 10.2. The van der Waals surface area contributed by atoms with E-state index in [1.165, 1.54) is 4.80 Å². The van der Waals surface area contributed by atoms with Crippen LogP contribution in [0.1, 0.15) is 12.8 Å². The first-order valence-electron chi connectivity index (χ1n) is 8.56. The fourth-order valence-electron chi connectivity index (χ4n) is 2.36. The monoisotopic (exact) mass is 351 g/mol. The quantitative estimate of drug-likeness (QED) is 0.570. The van der Waals surface area contributed by atoms with Crippen molar-refractivity contribution in [1.82, 2.24) is 30.5 Å². The van der Waals surface area contributed by atoms with Crippen LogP contribution in [0.2, 0.25) is 0 Å². The number of tetrazole rings is 1. The Labute approximate surface area is 151 Å². The van der Waals surface area contributed by atoms with Crippen LogP contribution in [0.3, 0.4) is 0 Å². The highest BCUT2D eigenvalue weighted by Gasteiger charge is 2.08. The van der Waals surface area contributed by atoms with Crippen LogP contribution >= 0.6 is 0 Å². The van der Waals surface area contributed by atoms with Gasteiger partial charge in [0.05, 0.1) is 0 Å². The Hall–Kier alpha value is -3.29. The lowest BCUT2D eigenvalue weighted by molar-refractivity contribution is -0.122. The zero-order valence-electron chi connectivity index (χ0n) is 14.4. The van der Waals surface area contributed by atoms with Gasteiger partial charge in [-0.1, -0.05) is 36.4 Å². The Morgan fingerprint density at radius 3 is 2.62 bits per heavy atom. The van der Waals surface area contributed by atoms with Crippen LogP contribution in [0.25, 0.3) is 11.4 Å². The average Bonchev–Trinajstić information content (AvgIpc) is 3.14. The smallest absolute Gasteiger partial charge is 0.243 e. The Kier molecular flexibility index (Phi) is 6.24. The molecule has 0 aliphatic heterocycles. The van der Waals surface area contributed by atoms with E-state index in [0.717, 1.165) is 30.8 Å². The number of unbranched alkanes of at least 4 members (excludes halogenated alkanes) is 1. The van der Waals surface area contributed by atoms with E-state index < -0.39 is 0 Å². The Balaban J connectivity index is 1.32. The number of amides is 1. The molecule has 0 aliphatic carbocycles. The summed E-state index contributed by atoms with van der Waals surface area (Å²) in [7, 11) is 0. The first-order chi connectivity index (χ1) is 12.8. The SMILES string of the molecule is O=C(Cn1nnc(-c2ccccc2)n1)NCCCCNc1ccccn1. The van der Waals surface area contributed by atoms with Crippen molar-refractivity contribution in [3.05, 3.63) is 54.7 Å². The highest BCUT2D eigenvalue weighted by molar-refractivity contribution is 5.75. The van der Waals surface area contributed by atoms with Gasteiger partial charge in [0.25, 0.3) is 0 Å². The minimum Gasteiger partial charge on any atom is -0.370 e. The number of rotatable bonds is 9. The summed E-state index contributed by atoms with van der Waals surface area (Å²) < 4.78 is 0. The molecule has 2 N–H and O–H groups in total. The maximum Gasteiger partial charge on any atom is 0.243 e. The van der Waals surface area contributed by atoms with Crippen LogP contribution < -0.4 is 10.6 Å². The van der Waals surface area contributed by atoms with E-state index in [2.05, 4.69) is 31.0 Å². The molecule has 0 spiro atoms. The van der Waals surface area contributed by atoms with Crippen LogP contribution in [0.15, 0.2) is 54.7 Å². The van der Waals surface area contributed by atoms with Crippen molar-refractivity contribution in [1.29, 1.82) is 0 Å². The van der Waals surface area contributed by atoms with E-state index >= 15 is 0 Å². The maximum absolute atomic E-state index is 11.9. The molecule has 0 saturated heterocycles. The summed E-state index contributed by atoms with van der Waals surface area (Å²) in [5, 5.41) is 18.2. The predicted octanol–water partition coefficient (Wildman–Crippen LogP) is 1.74. The summed E-state index contributed by atoms with van der Waals surface area (Å²) in [6.07, 6.45) is 3.58. The van der Waals surface area contributed by atoms with E-state index in [0.29, 0.717) is 12.4 Å². The minimum absolute atomic E-state index is 0.0615. The summed E-state index contributed by atoms with van der Waals surface area (Å²) in [4.78, 5) is 17.4. The molecule has 0 unspecified atom stereocenters. The van der Waals surface area contributed by atoms with Gasteiger partial charge in [0.1, 0.15) is 12.4 Å². The van der Waals surface area contributed by atoms with Gasteiger partial charge in [-0.05, 0) is 30.2 Å². The molecule has 1 amide bonds. The molecular weight excluding hydrogens is 330 g/mol. The molecule has 1 aromatic carbocycles. The van der Waals surface area contributed by atoms with E-state index in [9.17, 15) is 4.79 Å². The highest BCUT2D eigenvalue weighted by Crippen LogP contribution is 2.11. The lowest BCUT2D eigenvalue weighted by Gasteiger charge is -2.06. The number of benzene rings is 1. The van der Waals surface area contributed by atoms with Gasteiger partial charge in [0.2, 0.25) is 11.7 Å². The number of nitrogens with one attached hydrogen (secondary N) is 2. The maximum atomic E-state index is 11.9. The second-order valence-corrected chi connectivity index (χ2v) is 5.71. The number of hydrogen-bond acceptors (Lipinski definition) is 6. The number of nitrogens with zero attached hydrogens (tertiary/aromatic N) is 5. The van der Waals surface area contributed by atoms with E-state index in [4.69, 9.17) is 0 Å². The van der Waals surface area contributed by atoms with Crippen molar-refractivity contribution in [3.8, 4) is 11.4 Å². The molecule has 0 fully saturated rings. The van der Waals surface area contributed by atoms with Gasteiger partial charge in [0.15, 0.2) is 0 Å². The van der Waals surface area contributed by atoms with Crippen LogP contribution in [-0.2, 0) is 11.3 Å². The highest BCUT2D eigenvalue weighted by atomic mass is 16.2. The third-order valence-corrected chi connectivity index (χ3v) is 3.67. The standard InChI is InChI=1S/C18H21N7O/c26-17(21-13-7-6-12-20-16-10-4-5-11-19-16)14-25-23-18(22-24-25)15-8-2-1-3-9-15/h1-5,8-11H,6-7,12-14H2,(H,19,20)(H,21,26). The third kappa shape index (κ3) is 5.37. The zero-order chi connectivity index (χ0) is 18.0. The molecule has 0 saturated carbocycles. The van der Waals surface area contributed by atoms with Crippen molar-refractivity contribution >= 4 is 11.7 Å². The number of pyridine rings is 1. The first kappa shape index (κ1) is 17.5. The second kappa shape index (κ2) is 9.26. The van der Waals surface area contributed by atoms with Crippen molar-refractivity contribution < 1.29 is 4.79 Å². The van der Waals surface area contributed by atoms with Crippen molar-refractivity contribution in [2.45, 2.75) is 19.4 Å². The van der Waals surface area contributed by atoms with Gasteiger partial charge in [-0.2, -0.15) is 4.80 Å². The third-order valence-electron chi connectivity index (χ3n) is 3.67. The van der Waals surface area contributed by atoms with Crippen molar-refractivity contribution in [2.24, 2.45) is 0 Å². The van der Waals surface area contributed by atoms with E-state index in [-0.39, 0.29) is 12.5 Å². The van der Waals surface area contributed by atoms with Crippen LogP contribution in [0.4, 0.5) is 5.82 Å². The van der Waals surface area contributed by atoms with E-state index in [1.54, 1.807) is 6.20 Å². The average molecular weight is 351 g/mol. The predicted molar refractivity (Wildman–Crippen MR) is 98.2 cm³/mol. The molecular formula is C18H21N7O. The van der Waals surface area contributed by atoms with Crippen LogP contribution in [0.5, 0.6) is 0 Å². The fourth-order valence-corrected chi connectivity index (χ4v) is 2.36. The number of carbonyl (C=O) groups excluding carboxylic acids is 1. The molecule has 3 aromatic rings. The number of hydrogen-bond donors (Lipinski definition) is 2. The summed E-state index contributed by atoms with van der Waals surface area (Å²) in [5.41, 5.74) is 0.875. The molecule has 8 nitrogen and oxygen atoms in total. The van der Waals surface area contributed by atoms with Gasteiger partial charge in [-0.3, -0.25) is 4.79 Å². The largest absolute Gasteiger partial charge is 0.370 e. The van der Waals surface area contributed by atoms with Gasteiger partial charge < -0.3 is 10.6 Å². The summed E-state index contributed by atoms with van der Waals surface area (Å²) in [6.45, 7) is 1.49. The number of anilines is 1. The minimum atomic E-state index is -0.125. The Morgan fingerprint density at radius 2 is 1.81 bits per heavy atom. The lowest BCUT2D eigenvalue weighted by Crippen LogP contribution is -2.29. The fraction of sp³-hybridized carbons (Fsp3) is 0.278. The zero-order valence-corrected chi connectivity index (χ0v) is 14.4. The second-order valence-electron chi connectivity index (χ2n) is 5.71.